The van der Waals surface area contributed by atoms with Crippen molar-refractivity contribution in [3.8, 4) is 0 Å². The molecule has 1 unspecified atom stereocenters. The van der Waals surface area contributed by atoms with Gasteiger partial charge in [0.05, 0.1) is 49.8 Å². The van der Waals surface area contributed by atoms with Crippen molar-refractivity contribution in [2.24, 2.45) is 5.41 Å². The third kappa shape index (κ3) is 7.79. The number of carbonyl (C=O) groups is 2. The summed E-state index contributed by atoms with van der Waals surface area (Å²) in [5.74, 6) is -0.117. The normalized spacial score (nSPS) is 18.7. The summed E-state index contributed by atoms with van der Waals surface area (Å²) >= 11 is 0. The van der Waals surface area contributed by atoms with Crippen LogP contribution in [0, 0.1) is 5.41 Å². The van der Waals surface area contributed by atoms with Gasteiger partial charge >= 0.3 is 5.97 Å². The zero-order chi connectivity index (χ0) is 28.1. The average molecular weight is 555 g/mol. The Morgan fingerprint density at radius 1 is 1.21 bits per heavy atom. The highest BCUT2D eigenvalue weighted by Gasteiger charge is 2.53. The van der Waals surface area contributed by atoms with Gasteiger partial charge < -0.3 is 33.8 Å². The Labute approximate surface area is 222 Å². The van der Waals surface area contributed by atoms with Gasteiger partial charge in [-0.25, -0.2) is 20.0 Å². The van der Waals surface area contributed by atoms with E-state index in [4.69, 9.17) is 24.5 Å². The van der Waals surface area contributed by atoms with Gasteiger partial charge in [-0.05, 0) is 54.4 Å². The van der Waals surface area contributed by atoms with E-state index in [1.165, 1.54) is 6.33 Å². The van der Waals surface area contributed by atoms with E-state index in [-0.39, 0.29) is 43.6 Å². The van der Waals surface area contributed by atoms with E-state index in [0.717, 1.165) is 0 Å². The summed E-state index contributed by atoms with van der Waals surface area (Å²) in [7, 11) is -3.81. The number of hydrogen-bond donors (Lipinski definition) is 2. The van der Waals surface area contributed by atoms with Gasteiger partial charge in [-0.3, -0.25) is 9.36 Å². The minimum absolute atomic E-state index is 0.0280. The molecule has 3 N–H and O–H groups in total. The van der Waals surface area contributed by atoms with Crippen molar-refractivity contribution in [2.45, 2.75) is 84.8 Å². The number of fused-ring (bicyclic) bond motifs is 1. The van der Waals surface area contributed by atoms with E-state index < -0.39 is 24.6 Å². The summed E-state index contributed by atoms with van der Waals surface area (Å²) in [6.45, 7) is 10.8. The number of nitrogen functional groups attached to an aromatic ring is 1. The fourth-order valence-electron chi connectivity index (χ4n) is 3.64. The zero-order valence-corrected chi connectivity index (χ0v) is 23.8. The van der Waals surface area contributed by atoms with E-state index in [0.29, 0.717) is 36.8 Å². The molecule has 38 heavy (non-hydrogen) atoms. The Bertz CT molecular complexity index is 1170. The zero-order valence-electron chi connectivity index (χ0n) is 22.9. The van der Waals surface area contributed by atoms with E-state index in [1.54, 1.807) is 38.6 Å². The SMILES string of the molecule is CC(C)OCC(C)(C=O)N[P@](=O)(CO[C@H](C)Cn1cnc2c(N)ncnc21)OCC1(C(=O)OC(C)C)CC1. The van der Waals surface area contributed by atoms with Crippen LogP contribution in [0.25, 0.3) is 11.2 Å². The number of nitrogens with two attached hydrogens (primary N) is 1. The van der Waals surface area contributed by atoms with Crippen LogP contribution in [-0.4, -0.2) is 75.2 Å². The Balaban J connectivity index is 1.72. The lowest BCUT2D eigenvalue weighted by atomic mass is 10.1. The van der Waals surface area contributed by atoms with Crippen molar-refractivity contribution in [2.75, 3.05) is 25.3 Å². The molecule has 13 nitrogen and oxygen atoms in total. The third-order valence-electron chi connectivity index (χ3n) is 5.99. The number of aldehydes is 1. The van der Waals surface area contributed by atoms with Crippen molar-refractivity contribution in [1.82, 2.24) is 24.6 Å². The molecule has 0 aliphatic heterocycles. The van der Waals surface area contributed by atoms with Gasteiger partial charge in [-0.2, -0.15) is 0 Å². The molecule has 212 valence electrons. The predicted molar refractivity (Wildman–Crippen MR) is 140 cm³/mol. The molecule has 2 heterocycles. The number of hydrogen-bond acceptors (Lipinski definition) is 11. The molecule has 14 heteroatoms. The number of imidazole rings is 1. The van der Waals surface area contributed by atoms with Crippen LogP contribution < -0.4 is 10.8 Å². The van der Waals surface area contributed by atoms with E-state index in [1.807, 2.05) is 13.8 Å². The summed E-state index contributed by atoms with van der Waals surface area (Å²) < 4.78 is 38.6. The number of aromatic nitrogens is 4. The van der Waals surface area contributed by atoms with Crippen LogP contribution in [-0.2, 0) is 39.4 Å². The molecule has 0 radical (unpaired) electrons. The van der Waals surface area contributed by atoms with Crippen LogP contribution >= 0.6 is 7.52 Å². The standard InChI is InChI=1S/C24H39N6O7P/c1-16(2)34-11-23(6,10-31)29-38(33,36-12-24(7-8-24)22(32)37-17(3)4)15-35-18(5)9-30-14-28-19-20(25)26-13-27-21(19)30/h10,13-14,16-18H,7-9,11-12,15H2,1-6H3,(H,29,33)(H2,25,26,27)/t18-,23?,38+/m1/s1. The lowest BCUT2D eigenvalue weighted by molar-refractivity contribution is -0.155. The van der Waals surface area contributed by atoms with Crippen LogP contribution in [0.3, 0.4) is 0 Å². The summed E-state index contributed by atoms with van der Waals surface area (Å²) in [5.41, 5.74) is 4.72. The minimum Gasteiger partial charge on any atom is -0.462 e. The van der Waals surface area contributed by atoms with Crippen molar-refractivity contribution >= 4 is 36.8 Å². The second kappa shape index (κ2) is 12.2. The van der Waals surface area contributed by atoms with Crippen molar-refractivity contribution < 1.29 is 32.9 Å². The summed E-state index contributed by atoms with van der Waals surface area (Å²) in [6.07, 6.45) is 3.48. The number of ether oxygens (including phenoxy) is 3. The molecule has 1 saturated carbocycles. The van der Waals surface area contributed by atoms with Gasteiger partial charge in [0.25, 0.3) is 7.52 Å². The van der Waals surface area contributed by atoms with Gasteiger partial charge in [0.1, 0.15) is 30.0 Å². The van der Waals surface area contributed by atoms with Crippen LogP contribution in [0.2, 0.25) is 0 Å². The molecule has 0 saturated heterocycles. The number of nitrogens with zero attached hydrogens (tertiary/aromatic N) is 4. The topological polar surface area (TPSA) is 170 Å². The first-order valence-corrected chi connectivity index (χ1v) is 14.5. The predicted octanol–water partition coefficient (Wildman–Crippen LogP) is 2.68. The molecule has 1 aliphatic carbocycles. The van der Waals surface area contributed by atoms with Crippen LogP contribution in [0.5, 0.6) is 0 Å². The molecule has 3 atom stereocenters. The minimum atomic E-state index is -3.81. The maximum Gasteiger partial charge on any atom is 0.314 e. The highest BCUT2D eigenvalue weighted by atomic mass is 31.2. The van der Waals surface area contributed by atoms with Crippen LogP contribution in [0.1, 0.15) is 54.4 Å². The number of anilines is 1. The Morgan fingerprint density at radius 2 is 1.92 bits per heavy atom. The number of rotatable bonds is 16. The highest BCUT2D eigenvalue weighted by Crippen LogP contribution is 2.53. The third-order valence-corrected chi connectivity index (χ3v) is 7.88. The maximum atomic E-state index is 14.0. The molecule has 1 fully saturated rings. The lowest BCUT2D eigenvalue weighted by Gasteiger charge is -2.32. The van der Waals surface area contributed by atoms with Gasteiger partial charge in [0.15, 0.2) is 11.5 Å². The summed E-state index contributed by atoms with van der Waals surface area (Å²) in [4.78, 5) is 37.0. The van der Waals surface area contributed by atoms with Crippen molar-refractivity contribution in [1.29, 1.82) is 0 Å². The van der Waals surface area contributed by atoms with Crippen LogP contribution in [0.15, 0.2) is 12.7 Å². The van der Waals surface area contributed by atoms with E-state index in [2.05, 4.69) is 20.0 Å². The summed E-state index contributed by atoms with van der Waals surface area (Å²) in [6, 6.07) is 0. The molecule has 1 aliphatic rings. The number of carbonyl (C=O) groups excluding carboxylic acids is 2. The molecule has 0 spiro atoms. The smallest absolute Gasteiger partial charge is 0.314 e. The second-order valence-electron chi connectivity index (χ2n) is 10.6. The van der Waals surface area contributed by atoms with Gasteiger partial charge in [-0.1, -0.05) is 0 Å². The average Bonchev–Trinajstić information content (AvgIpc) is 3.55. The first-order chi connectivity index (χ1) is 17.8. The van der Waals surface area contributed by atoms with Gasteiger partial charge in [0, 0.05) is 0 Å². The number of esters is 1. The monoisotopic (exact) mass is 554 g/mol. The first kappa shape index (κ1) is 30.1. The lowest BCUT2D eigenvalue weighted by Crippen LogP contribution is -2.48. The fourth-order valence-corrected chi connectivity index (χ4v) is 5.64. The molecule has 0 bridgehead atoms. The Morgan fingerprint density at radius 3 is 2.53 bits per heavy atom. The largest absolute Gasteiger partial charge is 0.462 e. The second-order valence-corrected chi connectivity index (χ2v) is 12.7. The number of nitrogens with one attached hydrogen (secondary N) is 1. The Hall–Kier alpha value is -2.44. The molecule has 3 rings (SSSR count). The van der Waals surface area contributed by atoms with E-state index >= 15 is 0 Å². The van der Waals surface area contributed by atoms with Crippen molar-refractivity contribution in [3.05, 3.63) is 12.7 Å². The summed E-state index contributed by atoms with van der Waals surface area (Å²) in [5, 5.41) is 2.85. The molecule has 0 aromatic carbocycles. The van der Waals surface area contributed by atoms with Gasteiger partial charge in [-0.15, -0.1) is 0 Å². The molecular formula is C24H39N6O7P. The Kier molecular flexibility index (Phi) is 9.64. The highest BCUT2D eigenvalue weighted by molar-refractivity contribution is 7.56. The fraction of sp³-hybridized carbons (Fsp3) is 0.708. The molecule has 0 amide bonds. The quantitative estimate of drug-likeness (QED) is 0.177. The first-order valence-electron chi connectivity index (χ1n) is 12.7. The van der Waals surface area contributed by atoms with Crippen molar-refractivity contribution in [3.63, 3.8) is 0 Å². The maximum absolute atomic E-state index is 14.0. The molecule has 2 aromatic rings. The van der Waals surface area contributed by atoms with Gasteiger partial charge in [0.2, 0.25) is 0 Å². The molecule has 2 aromatic heterocycles. The van der Waals surface area contributed by atoms with Crippen LogP contribution in [0.4, 0.5) is 5.82 Å². The van der Waals surface area contributed by atoms with E-state index in [9.17, 15) is 14.2 Å². The molecular weight excluding hydrogens is 515 g/mol.